The van der Waals surface area contributed by atoms with Crippen molar-refractivity contribution >= 4 is 11.9 Å². The Morgan fingerprint density at radius 3 is 2.30 bits per heavy atom. The first kappa shape index (κ1) is 16.1. The molecule has 0 fully saturated rings. The van der Waals surface area contributed by atoms with Crippen molar-refractivity contribution in [3.63, 3.8) is 0 Å². The van der Waals surface area contributed by atoms with E-state index in [1.54, 1.807) is 0 Å². The quantitative estimate of drug-likeness (QED) is 0.644. The summed E-state index contributed by atoms with van der Waals surface area (Å²) < 4.78 is 14.5. The average Bonchev–Trinajstić information content (AvgIpc) is 2.43. The van der Waals surface area contributed by atoms with E-state index in [-0.39, 0.29) is 13.2 Å². The van der Waals surface area contributed by atoms with Gasteiger partial charge in [0.2, 0.25) is 0 Å². The molecule has 0 aliphatic heterocycles. The van der Waals surface area contributed by atoms with Gasteiger partial charge in [0.25, 0.3) is 6.29 Å². The molecule has 0 radical (unpaired) electrons. The predicted octanol–water partition coefficient (Wildman–Crippen LogP) is 0.730. The molecule has 0 aliphatic carbocycles. The van der Waals surface area contributed by atoms with E-state index < -0.39 is 24.3 Å². The maximum absolute atomic E-state index is 11.0. The highest BCUT2D eigenvalue weighted by Crippen LogP contribution is 2.05. The van der Waals surface area contributed by atoms with E-state index in [1.807, 2.05) is 30.3 Å². The minimum Gasteiger partial charge on any atom is -0.479 e. The van der Waals surface area contributed by atoms with Crippen molar-refractivity contribution in [3.8, 4) is 0 Å². The van der Waals surface area contributed by atoms with E-state index in [0.717, 1.165) is 12.7 Å². The molecule has 1 aromatic carbocycles. The summed E-state index contributed by atoms with van der Waals surface area (Å²) in [6.07, 6.45) is -3.06. The van der Waals surface area contributed by atoms with Crippen molar-refractivity contribution in [1.82, 2.24) is 0 Å². The van der Waals surface area contributed by atoms with E-state index in [1.165, 1.54) is 0 Å². The molecule has 1 aromatic rings. The Balaban J connectivity index is 2.47. The molecule has 0 saturated heterocycles. The molecule has 110 valence electrons. The SMILES string of the molecule is CO[C@@H](O[C@H](COCc1ccccc1)C(=O)O)C(=O)O. The summed E-state index contributed by atoms with van der Waals surface area (Å²) in [6.45, 7) is -0.0733. The van der Waals surface area contributed by atoms with Crippen LogP contribution in [0, 0.1) is 0 Å². The number of methoxy groups -OCH3 is 1. The lowest BCUT2D eigenvalue weighted by Crippen LogP contribution is -2.37. The number of carboxylic acids is 2. The molecule has 2 atom stereocenters. The van der Waals surface area contributed by atoms with Crippen molar-refractivity contribution in [2.24, 2.45) is 0 Å². The van der Waals surface area contributed by atoms with Crippen molar-refractivity contribution in [3.05, 3.63) is 35.9 Å². The molecular weight excluding hydrogens is 268 g/mol. The lowest BCUT2D eigenvalue weighted by Gasteiger charge is -2.18. The summed E-state index contributed by atoms with van der Waals surface area (Å²) in [5.74, 6) is -2.72. The molecule has 0 heterocycles. The minimum atomic E-state index is -1.64. The molecule has 1 rings (SSSR count). The second-order valence-corrected chi connectivity index (χ2v) is 3.87. The second kappa shape index (κ2) is 8.26. The fraction of sp³-hybridized carbons (Fsp3) is 0.385. The summed E-state index contributed by atoms with van der Waals surface area (Å²) in [5.41, 5.74) is 0.873. The first-order valence-electron chi connectivity index (χ1n) is 5.80. The number of ether oxygens (including phenoxy) is 3. The van der Waals surface area contributed by atoms with Gasteiger partial charge in [0.1, 0.15) is 0 Å². The number of benzene rings is 1. The van der Waals surface area contributed by atoms with Crippen molar-refractivity contribution in [1.29, 1.82) is 0 Å². The number of carboxylic acid groups (broad SMARTS) is 2. The molecule has 20 heavy (non-hydrogen) atoms. The van der Waals surface area contributed by atoms with Gasteiger partial charge in [0.05, 0.1) is 13.2 Å². The standard InChI is InChI=1S/C13H16O7/c1-18-13(12(16)17)20-10(11(14)15)8-19-7-9-5-3-2-4-6-9/h2-6,10,13H,7-8H2,1H3,(H,14,15)(H,16,17)/t10-,13+/m1/s1. The molecule has 0 amide bonds. The molecular formula is C13H16O7. The second-order valence-electron chi connectivity index (χ2n) is 3.87. The van der Waals surface area contributed by atoms with Gasteiger partial charge in [-0.2, -0.15) is 0 Å². The predicted molar refractivity (Wildman–Crippen MR) is 67.0 cm³/mol. The van der Waals surface area contributed by atoms with Gasteiger partial charge in [-0.15, -0.1) is 0 Å². The van der Waals surface area contributed by atoms with Gasteiger partial charge in [-0.25, -0.2) is 9.59 Å². The summed E-state index contributed by atoms with van der Waals surface area (Å²) in [7, 11) is 1.11. The third kappa shape index (κ3) is 5.35. The Hall–Kier alpha value is -1.96. The third-order valence-electron chi connectivity index (χ3n) is 2.36. The van der Waals surface area contributed by atoms with Gasteiger partial charge in [-0.1, -0.05) is 30.3 Å². The van der Waals surface area contributed by atoms with Gasteiger partial charge in [-0.3, -0.25) is 0 Å². The summed E-state index contributed by atoms with van der Waals surface area (Å²) in [4.78, 5) is 21.7. The highest BCUT2D eigenvalue weighted by molar-refractivity contribution is 5.74. The summed E-state index contributed by atoms with van der Waals surface area (Å²) in [6, 6.07) is 9.16. The van der Waals surface area contributed by atoms with Gasteiger partial charge in [0, 0.05) is 7.11 Å². The summed E-state index contributed by atoms with van der Waals surface area (Å²) in [5, 5.41) is 17.7. The van der Waals surface area contributed by atoms with Crippen LogP contribution in [-0.4, -0.2) is 48.3 Å². The van der Waals surface area contributed by atoms with Crippen molar-refractivity contribution in [2.75, 3.05) is 13.7 Å². The highest BCUT2D eigenvalue weighted by atomic mass is 16.7. The molecule has 2 N–H and O–H groups in total. The third-order valence-corrected chi connectivity index (χ3v) is 2.36. The van der Waals surface area contributed by atoms with Gasteiger partial charge >= 0.3 is 11.9 Å². The van der Waals surface area contributed by atoms with Crippen LogP contribution in [0.2, 0.25) is 0 Å². The zero-order valence-electron chi connectivity index (χ0n) is 10.9. The van der Waals surface area contributed by atoms with Crippen LogP contribution in [0.15, 0.2) is 30.3 Å². The Morgan fingerprint density at radius 2 is 1.80 bits per heavy atom. The lowest BCUT2D eigenvalue weighted by atomic mass is 10.2. The van der Waals surface area contributed by atoms with Crippen molar-refractivity contribution in [2.45, 2.75) is 19.0 Å². The molecule has 0 unspecified atom stereocenters. The van der Waals surface area contributed by atoms with Crippen LogP contribution in [-0.2, 0) is 30.4 Å². The van der Waals surface area contributed by atoms with E-state index in [0.29, 0.717) is 0 Å². The first-order chi connectivity index (χ1) is 9.54. The van der Waals surface area contributed by atoms with E-state index in [4.69, 9.17) is 19.7 Å². The topological polar surface area (TPSA) is 102 Å². The van der Waals surface area contributed by atoms with Crippen LogP contribution < -0.4 is 0 Å². The van der Waals surface area contributed by atoms with Gasteiger partial charge in [0.15, 0.2) is 6.10 Å². The Kier molecular flexibility index (Phi) is 6.65. The Bertz CT molecular complexity index is 432. The zero-order chi connectivity index (χ0) is 15.0. The van der Waals surface area contributed by atoms with Crippen LogP contribution in [0.1, 0.15) is 5.56 Å². The van der Waals surface area contributed by atoms with E-state index >= 15 is 0 Å². The molecule has 0 aromatic heterocycles. The Morgan fingerprint density at radius 1 is 1.15 bits per heavy atom. The average molecular weight is 284 g/mol. The lowest BCUT2D eigenvalue weighted by molar-refractivity contribution is -0.205. The fourth-order valence-electron chi connectivity index (χ4n) is 1.39. The minimum absolute atomic E-state index is 0.207. The van der Waals surface area contributed by atoms with E-state index in [2.05, 4.69) is 4.74 Å². The maximum atomic E-state index is 11.0. The number of carbonyl (C=O) groups is 2. The summed E-state index contributed by atoms with van der Waals surface area (Å²) >= 11 is 0. The normalized spacial score (nSPS) is 13.7. The molecule has 0 aliphatic rings. The molecule has 7 heteroatoms. The van der Waals surface area contributed by atoms with Crippen LogP contribution in [0.5, 0.6) is 0 Å². The van der Waals surface area contributed by atoms with Gasteiger partial charge < -0.3 is 24.4 Å². The van der Waals surface area contributed by atoms with Crippen LogP contribution in [0.25, 0.3) is 0 Å². The number of aliphatic carboxylic acids is 2. The Labute approximate surface area is 115 Å². The smallest absolute Gasteiger partial charge is 0.361 e. The number of hydrogen-bond acceptors (Lipinski definition) is 5. The van der Waals surface area contributed by atoms with Crippen LogP contribution >= 0.6 is 0 Å². The van der Waals surface area contributed by atoms with Crippen LogP contribution in [0.4, 0.5) is 0 Å². The monoisotopic (exact) mass is 284 g/mol. The number of hydrogen-bond donors (Lipinski definition) is 2. The molecule has 0 saturated carbocycles. The zero-order valence-corrected chi connectivity index (χ0v) is 10.9. The highest BCUT2D eigenvalue weighted by Gasteiger charge is 2.27. The fourth-order valence-corrected chi connectivity index (χ4v) is 1.39. The van der Waals surface area contributed by atoms with Crippen LogP contribution in [0.3, 0.4) is 0 Å². The number of rotatable bonds is 9. The maximum Gasteiger partial charge on any atom is 0.361 e. The van der Waals surface area contributed by atoms with Crippen molar-refractivity contribution < 1.29 is 34.0 Å². The first-order valence-corrected chi connectivity index (χ1v) is 5.80. The molecule has 0 bridgehead atoms. The van der Waals surface area contributed by atoms with E-state index in [9.17, 15) is 9.59 Å². The van der Waals surface area contributed by atoms with Gasteiger partial charge in [-0.05, 0) is 5.56 Å². The molecule has 0 spiro atoms. The molecule has 7 nitrogen and oxygen atoms in total. The largest absolute Gasteiger partial charge is 0.479 e.